The molecule has 0 aliphatic rings. The summed E-state index contributed by atoms with van der Waals surface area (Å²) in [5.41, 5.74) is 0.686. The Labute approximate surface area is 88.2 Å². The van der Waals surface area contributed by atoms with Gasteiger partial charge in [-0.05, 0) is 12.1 Å². The van der Waals surface area contributed by atoms with Gasteiger partial charge in [0.2, 0.25) is 5.91 Å². The topological polar surface area (TPSA) is 55.4 Å². The van der Waals surface area contributed by atoms with Crippen molar-refractivity contribution in [1.29, 1.82) is 0 Å². The summed E-state index contributed by atoms with van der Waals surface area (Å²) in [6.07, 6.45) is 1.17. The molecule has 1 aromatic carbocycles. The van der Waals surface area contributed by atoms with Gasteiger partial charge in [0.15, 0.2) is 0 Å². The molecule has 1 amide bonds. The molecule has 1 N–H and O–H groups in total. The normalized spacial score (nSPS) is 9.40. The third-order valence-corrected chi connectivity index (χ3v) is 1.66. The second kappa shape index (κ2) is 5.80. The molecule has 1 aromatic rings. The molecule has 0 bridgehead atoms. The maximum Gasteiger partial charge on any atom is 0.221 e. The van der Waals surface area contributed by atoms with Gasteiger partial charge in [0.25, 0.3) is 0 Å². The highest BCUT2D eigenvalue weighted by Crippen LogP contribution is 2.17. The minimum Gasteiger partial charge on any atom is -0.493 e. The fraction of sp³-hybridized carbons (Fsp3) is 0.273. The van der Waals surface area contributed by atoms with Gasteiger partial charge in [-0.25, -0.2) is 0 Å². The first-order valence-electron chi connectivity index (χ1n) is 4.66. The van der Waals surface area contributed by atoms with E-state index in [4.69, 9.17) is 4.74 Å². The van der Waals surface area contributed by atoms with E-state index in [0.717, 1.165) is 6.29 Å². The van der Waals surface area contributed by atoms with Crippen LogP contribution in [0.1, 0.15) is 13.3 Å². The van der Waals surface area contributed by atoms with Crippen molar-refractivity contribution >= 4 is 17.9 Å². The zero-order valence-corrected chi connectivity index (χ0v) is 8.53. The first kappa shape index (κ1) is 11.2. The number of amides is 1. The van der Waals surface area contributed by atoms with E-state index < -0.39 is 0 Å². The van der Waals surface area contributed by atoms with Gasteiger partial charge in [0.05, 0.1) is 6.61 Å². The summed E-state index contributed by atoms with van der Waals surface area (Å²) in [5, 5.41) is 2.65. The van der Waals surface area contributed by atoms with Gasteiger partial charge in [-0.3, -0.25) is 4.79 Å². The van der Waals surface area contributed by atoms with E-state index in [1.165, 1.54) is 6.92 Å². The highest BCUT2D eigenvalue weighted by Gasteiger charge is 1.98. The number of aldehydes is 1. The Hall–Kier alpha value is -1.84. The summed E-state index contributed by atoms with van der Waals surface area (Å²) in [6, 6.07) is 7.04. The number of carbonyl (C=O) groups excluding carboxylic acids is 2. The maximum absolute atomic E-state index is 10.8. The first-order chi connectivity index (χ1) is 7.22. The van der Waals surface area contributed by atoms with E-state index >= 15 is 0 Å². The maximum atomic E-state index is 10.8. The average molecular weight is 207 g/mol. The fourth-order valence-corrected chi connectivity index (χ4v) is 1.09. The van der Waals surface area contributed by atoms with Crippen LogP contribution in [-0.2, 0) is 9.59 Å². The van der Waals surface area contributed by atoms with Gasteiger partial charge < -0.3 is 14.8 Å². The highest BCUT2D eigenvalue weighted by molar-refractivity contribution is 5.88. The Bertz CT molecular complexity index is 349. The largest absolute Gasteiger partial charge is 0.493 e. The standard InChI is InChI=1S/C11H13NO3/c1-9(14)12-10-4-2-5-11(8-10)15-7-3-6-13/h2,4-6,8H,3,7H2,1H3,(H,12,14). The molecule has 0 radical (unpaired) electrons. The van der Waals surface area contributed by atoms with Gasteiger partial charge in [0.1, 0.15) is 12.0 Å². The number of rotatable bonds is 5. The molecule has 0 spiro atoms. The zero-order chi connectivity index (χ0) is 11.1. The molecule has 0 aromatic heterocycles. The summed E-state index contributed by atoms with van der Waals surface area (Å²) in [5.74, 6) is 0.517. The van der Waals surface area contributed by atoms with Crippen molar-refractivity contribution in [3.05, 3.63) is 24.3 Å². The smallest absolute Gasteiger partial charge is 0.221 e. The summed E-state index contributed by atoms with van der Waals surface area (Å²) in [6.45, 7) is 1.80. The number of carbonyl (C=O) groups is 2. The Balaban J connectivity index is 2.57. The molecule has 1 rings (SSSR count). The number of anilines is 1. The first-order valence-corrected chi connectivity index (χ1v) is 4.66. The van der Waals surface area contributed by atoms with Crippen LogP contribution in [0.2, 0.25) is 0 Å². The molecule has 80 valence electrons. The molecule has 4 nitrogen and oxygen atoms in total. The molecule has 15 heavy (non-hydrogen) atoms. The molecule has 4 heteroatoms. The molecule has 0 atom stereocenters. The van der Waals surface area contributed by atoms with Crippen LogP contribution in [-0.4, -0.2) is 18.8 Å². The second-order valence-electron chi connectivity index (χ2n) is 3.01. The summed E-state index contributed by atoms with van der Waals surface area (Å²) < 4.78 is 5.29. The minimum absolute atomic E-state index is 0.125. The number of hydrogen-bond acceptors (Lipinski definition) is 3. The fourth-order valence-electron chi connectivity index (χ4n) is 1.09. The molecule has 0 saturated carbocycles. The van der Waals surface area contributed by atoms with Crippen molar-refractivity contribution in [3.8, 4) is 5.75 Å². The Morgan fingerprint density at radius 3 is 3.00 bits per heavy atom. The Kier molecular flexibility index (Phi) is 4.34. The van der Waals surface area contributed by atoms with Gasteiger partial charge in [0, 0.05) is 25.1 Å². The van der Waals surface area contributed by atoms with E-state index in [0.29, 0.717) is 24.5 Å². The monoisotopic (exact) mass is 207 g/mol. The van der Waals surface area contributed by atoms with Crippen LogP contribution in [0, 0.1) is 0 Å². The van der Waals surface area contributed by atoms with Crippen molar-refractivity contribution in [2.24, 2.45) is 0 Å². The van der Waals surface area contributed by atoms with Crippen LogP contribution in [0.4, 0.5) is 5.69 Å². The molecule has 0 aliphatic heterocycles. The van der Waals surface area contributed by atoms with E-state index in [2.05, 4.69) is 5.32 Å². The van der Waals surface area contributed by atoms with Crippen LogP contribution >= 0.6 is 0 Å². The zero-order valence-electron chi connectivity index (χ0n) is 8.53. The minimum atomic E-state index is -0.125. The van der Waals surface area contributed by atoms with Crippen LogP contribution < -0.4 is 10.1 Å². The third kappa shape index (κ3) is 4.26. The van der Waals surface area contributed by atoms with Gasteiger partial charge in [-0.15, -0.1) is 0 Å². The average Bonchev–Trinajstić information content (AvgIpc) is 2.18. The quantitative estimate of drug-likeness (QED) is 0.589. The number of ether oxygens (including phenoxy) is 1. The summed E-state index contributed by atoms with van der Waals surface area (Å²) >= 11 is 0. The molecule has 0 saturated heterocycles. The van der Waals surface area contributed by atoms with Crippen molar-refractivity contribution in [2.75, 3.05) is 11.9 Å². The van der Waals surface area contributed by atoms with Crippen molar-refractivity contribution < 1.29 is 14.3 Å². The lowest BCUT2D eigenvalue weighted by molar-refractivity contribution is -0.114. The number of nitrogens with one attached hydrogen (secondary N) is 1. The SMILES string of the molecule is CC(=O)Nc1cccc(OCCC=O)c1. The molecular weight excluding hydrogens is 194 g/mol. The van der Waals surface area contributed by atoms with Crippen LogP contribution in [0.5, 0.6) is 5.75 Å². The molecular formula is C11H13NO3. The molecule has 0 unspecified atom stereocenters. The van der Waals surface area contributed by atoms with Gasteiger partial charge >= 0.3 is 0 Å². The van der Waals surface area contributed by atoms with E-state index in [-0.39, 0.29) is 5.91 Å². The summed E-state index contributed by atoms with van der Waals surface area (Å²) in [7, 11) is 0. The highest BCUT2D eigenvalue weighted by atomic mass is 16.5. The van der Waals surface area contributed by atoms with Crippen LogP contribution in [0.3, 0.4) is 0 Å². The lowest BCUT2D eigenvalue weighted by atomic mass is 10.3. The van der Waals surface area contributed by atoms with E-state index in [1.807, 2.05) is 0 Å². The molecule has 0 aliphatic carbocycles. The number of benzene rings is 1. The lowest BCUT2D eigenvalue weighted by Crippen LogP contribution is -2.06. The van der Waals surface area contributed by atoms with Crippen molar-refractivity contribution in [2.45, 2.75) is 13.3 Å². The predicted octanol–water partition coefficient (Wildman–Crippen LogP) is 1.61. The van der Waals surface area contributed by atoms with E-state index in [9.17, 15) is 9.59 Å². The van der Waals surface area contributed by atoms with Crippen molar-refractivity contribution in [3.63, 3.8) is 0 Å². The second-order valence-corrected chi connectivity index (χ2v) is 3.01. The molecule has 0 heterocycles. The number of hydrogen-bond donors (Lipinski definition) is 1. The van der Waals surface area contributed by atoms with Crippen molar-refractivity contribution in [1.82, 2.24) is 0 Å². The van der Waals surface area contributed by atoms with Gasteiger partial charge in [-0.2, -0.15) is 0 Å². The predicted molar refractivity (Wildman–Crippen MR) is 56.9 cm³/mol. The van der Waals surface area contributed by atoms with Crippen LogP contribution in [0.25, 0.3) is 0 Å². The lowest BCUT2D eigenvalue weighted by Gasteiger charge is -2.06. The van der Waals surface area contributed by atoms with Gasteiger partial charge in [-0.1, -0.05) is 6.07 Å². The van der Waals surface area contributed by atoms with E-state index in [1.54, 1.807) is 24.3 Å². The third-order valence-electron chi connectivity index (χ3n) is 1.66. The summed E-state index contributed by atoms with van der Waals surface area (Å²) in [4.78, 5) is 20.9. The van der Waals surface area contributed by atoms with Crippen LogP contribution in [0.15, 0.2) is 24.3 Å². The molecule has 0 fully saturated rings. The Morgan fingerprint density at radius 1 is 1.53 bits per heavy atom. The Morgan fingerprint density at radius 2 is 2.33 bits per heavy atom.